The van der Waals surface area contributed by atoms with Gasteiger partial charge in [0.05, 0.1) is 0 Å². The highest BCUT2D eigenvalue weighted by atomic mass is 16.5. The maximum atomic E-state index is 10.9. The van der Waals surface area contributed by atoms with Crippen molar-refractivity contribution in [1.82, 2.24) is 5.48 Å². The molecule has 4 N–H and O–H groups in total. The van der Waals surface area contributed by atoms with E-state index >= 15 is 0 Å². The van der Waals surface area contributed by atoms with Crippen molar-refractivity contribution in [3.63, 3.8) is 0 Å². The third kappa shape index (κ3) is 33.4. The average molecular weight is 539 g/mol. The molecule has 0 aromatic heterocycles. The molecule has 0 saturated carbocycles. The molecular weight excluding hydrogens is 468 g/mol. The number of carbonyl (C=O) groups is 1. The third-order valence-corrected chi connectivity index (χ3v) is 8.23. The van der Waals surface area contributed by atoms with Gasteiger partial charge in [-0.1, -0.05) is 186 Å². The number of amides is 1. The molecule has 0 aliphatic rings. The van der Waals surface area contributed by atoms with Gasteiger partial charge in [0.25, 0.3) is 0 Å². The van der Waals surface area contributed by atoms with Gasteiger partial charge in [-0.25, -0.2) is 5.48 Å². The zero-order valence-corrected chi connectivity index (χ0v) is 25.8. The molecule has 0 heterocycles. The minimum absolute atomic E-state index is 0.256. The van der Waals surface area contributed by atoms with Crippen LogP contribution < -0.4 is 11.2 Å². The summed E-state index contributed by atoms with van der Waals surface area (Å²) in [5.41, 5.74) is 7.24. The van der Waals surface area contributed by atoms with Gasteiger partial charge in [0.2, 0.25) is 5.91 Å². The van der Waals surface area contributed by atoms with Crippen LogP contribution in [0.25, 0.3) is 0 Å². The van der Waals surface area contributed by atoms with Crippen LogP contribution in [0, 0.1) is 0 Å². The van der Waals surface area contributed by atoms with Gasteiger partial charge in [-0.15, -0.1) is 0 Å². The first-order valence-corrected chi connectivity index (χ1v) is 17.4. The largest absolute Gasteiger partial charge is 0.330 e. The number of rotatable bonds is 33. The second-order valence-electron chi connectivity index (χ2n) is 12.0. The van der Waals surface area contributed by atoms with E-state index in [1.807, 2.05) is 0 Å². The van der Waals surface area contributed by atoms with E-state index in [1.165, 1.54) is 186 Å². The van der Waals surface area contributed by atoms with Crippen LogP contribution in [0.5, 0.6) is 0 Å². The zero-order valence-electron chi connectivity index (χ0n) is 25.8. The summed E-state index contributed by atoms with van der Waals surface area (Å²) in [5, 5.41) is 8.45. The molecule has 0 spiro atoms. The lowest BCUT2D eigenvalue weighted by molar-refractivity contribution is -0.129. The molecule has 38 heavy (non-hydrogen) atoms. The molecule has 4 heteroatoms. The van der Waals surface area contributed by atoms with E-state index < -0.39 is 0 Å². The zero-order chi connectivity index (χ0) is 27.6. The topological polar surface area (TPSA) is 75.4 Å². The predicted octanol–water partition coefficient (Wildman–Crippen LogP) is 10.9. The number of hydroxylamine groups is 1. The summed E-state index contributed by atoms with van der Waals surface area (Å²) in [6.07, 6.45) is 43.5. The molecule has 0 fully saturated rings. The van der Waals surface area contributed by atoms with Crippen molar-refractivity contribution in [2.24, 2.45) is 5.73 Å². The number of hydrogen-bond donors (Lipinski definition) is 3. The third-order valence-electron chi connectivity index (χ3n) is 8.23. The van der Waals surface area contributed by atoms with E-state index in [9.17, 15) is 4.79 Å². The maximum absolute atomic E-state index is 10.9. The summed E-state index contributed by atoms with van der Waals surface area (Å²) in [6, 6.07) is 0. The van der Waals surface area contributed by atoms with Crippen LogP contribution in [-0.4, -0.2) is 17.7 Å². The predicted molar refractivity (Wildman–Crippen MR) is 167 cm³/mol. The summed E-state index contributed by atoms with van der Waals surface area (Å²) in [6.45, 7) is 0.866. The smallest absolute Gasteiger partial charge is 0.243 e. The van der Waals surface area contributed by atoms with Gasteiger partial charge < -0.3 is 5.73 Å². The lowest BCUT2D eigenvalue weighted by Crippen LogP contribution is -2.17. The van der Waals surface area contributed by atoms with Crippen LogP contribution >= 0.6 is 0 Å². The quantitative estimate of drug-likeness (QED) is 0.0442. The Morgan fingerprint density at radius 2 is 0.553 bits per heavy atom. The fraction of sp³-hybridized carbons (Fsp3) is 0.971. The SMILES string of the molecule is NCCCCCCCCCCCCCCCCCCCCCCCCCCCCCCCCCC(=O)NO. The Morgan fingerprint density at radius 1 is 0.368 bits per heavy atom. The van der Waals surface area contributed by atoms with E-state index in [0.717, 1.165) is 19.4 Å². The fourth-order valence-corrected chi connectivity index (χ4v) is 5.61. The first-order chi connectivity index (χ1) is 18.8. The standard InChI is InChI=1S/C34H70N2O2/c35-33-31-29-27-25-23-21-19-17-15-13-11-9-7-5-3-1-2-4-6-8-10-12-14-16-18-20-22-24-26-28-30-32-34(37)36-38/h38H,1-33,35H2,(H,36,37). The summed E-state index contributed by atoms with van der Waals surface area (Å²) in [7, 11) is 0. The molecule has 0 atom stereocenters. The molecule has 228 valence electrons. The molecule has 0 bridgehead atoms. The van der Waals surface area contributed by atoms with Crippen molar-refractivity contribution in [3.8, 4) is 0 Å². The highest BCUT2D eigenvalue weighted by Gasteiger charge is 1.99. The van der Waals surface area contributed by atoms with Crippen LogP contribution in [0.15, 0.2) is 0 Å². The van der Waals surface area contributed by atoms with E-state index in [4.69, 9.17) is 10.9 Å². The lowest BCUT2D eigenvalue weighted by Gasteiger charge is -2.05. The van der Waals surface area contributed by atoms with Crippen LogP contribution in [0.1, 0.15) is 205 Å². The van der Waals surface area contributed by atoms with Crippen LogP contribution in [0.2, 0.25) is 0 Å². The molecule has 0 aliphatic heterocycles. The summed E-state index contributed by atoms with van der Waals surface area (Å²) in [5.74, 6) is -0.256. The van der Waals surface area contributed by atoms with Gasteiger partial charge >= 0.3 is 0 Å². The summed E-state index contributed by atoms with van der Waals surface area (Å²) < 4.78 is 0. The fourth-order valence-electron chi connectivity index (χ4n) is 5.61. The number of hydrogen-bond acceptors (Lipinski definition) is 3. The molecule has 0 aromatic rings. The lowest BCUT2D eigenvalue weighted by atomic mass is 10.0. The molecule has 0 aromatic carbocycles. The van der Waals surface area contributed by atoms with E-state index in [1.54, 1.807) is 5.48 Å². The van der Waals surface area contributed by atoms with Gasteiger partial charge in [-0.2, -0.15) is 0 Å². The Labute approximate surface area is 239 Å². The number of nitrogens with two attached hydrogens (primary N) is 1. The van der Waals surface area contributed by atoms with Crippen molar-refractivity contribution in [1.29, 1.82) is 0 Å². The Kier molecular flexibility index (Phi) is 33.9. The number of unbranched alkanes of at least 4 members (excludes halogenated alkanes) is 30. The van der Waals surface area contributed by atoms with Crippen molar-refractivity contribution >= 4 is 5.91 Å². The molecule has 0 aliphatic carbocycles. The van der Waals surface area contributed by atoms with E-state index in [0.29, 0.717) is 6.42 Å². The van der Waals surface area contributed by atoms with Crippen molar-refractivity contribution < 1.29 is 10.0 Å². The van der Waals surface area contributed by atoms with E-state index in [-0.39, 0.29) is 5.91 Å². The van der Waals surface area contributed by atoms with Gasteiger partial charge in [-0.3, -0.25) is 10.0 Å². The molecular formula is C34H70N2O2. The van der Waals surface area contributed by atoms with E-state index in [2.05, 4.69) is 0 Å². The van der Waals surface area contributed by atoms with Crippen LogP contribution in [0.4, 0.5) is 0 Å². The van der Waals surface area contributed by atoms with Gasteiger partial charge in [0, 0.05) is 6.42 Å². The Morgan fingerprint density at radius 3 is 0.737 bits per heavy atom. The second-order valence-corrected chi connectivity index (χ2v) is 12.0. The molecule has 0 radical (unpaired) electrons. The molecule has 0 unspecified atom stereocenters. The number of nitrogens with one attached hydrogen (secondary N) is 1. The molecule has 4 nitrogen and oxygen atoms in total. The maximum Gasteiger partial charge on any atom is 0.243 e. The number of carbonyl (C=O) groups excluding carboxylic acids is 1. The van der Waals surface area contributed by atoms with Gasteiger partial charge in [-0.05, 0) is 19.4 Å². The van der Waals surface area contributed by atoms with Crippen molar-refractivity contribution in [2.45, 2.75) is 205 Å². The highest BCUT2D eigenvalue weighted by molar-refractivity contribution is 5.74. The summed E-state index contributed by atoms with van der Waals surface area (Å²) >= 11 is 0. The molecule has 1 amide bonds. The minimum atomic E-state index is -0.256. The van der Waals surface area contributed by atoms with Crippen LogP contribution in [-0.2, 0) is 4.79 Å². The summed E-state index contributed by atoms with van der Waals surface area (Å²) in [4.78, 5) is 10.9. The van der Waals surface area contributed by atoms with Crippen molar-refractivity contribution in [2.75, 3.05) is 6.54 Å². The van der Waals surface area contributed by atoms with Crippen LogP contribution in [0.3, 0.4) is 0 Å². The first kappa shape index (κ1) is 37.4. The Balaban J connectivity index is 3.03. The Hall–Kier alpha value is -0.610. The van der Waals surface area contributed by atoms with Gasteiger partial charge in [0.15, 0.2) is 0 Å². The minimum Gasteiger partial charge on any atom is -0.330 e. The Bertz CT molecular complexity index is 444. The molecule has 0 rings (SSSR count). The first-order valence-electron chi connectivity index (χ1n) is 17.4. The normalized spacial score (nSPS) is 11.3. The highest BCUT2D eigenvalue weighted by Crippen LogP contribution is 2.16. The van der Waals surface area contributed by atoms with Crippen molar-refractivity contribution in [3.05, 3.63) is 0 Å². The monoisotopic (exact) mass is 539 g/mol. The second kappa shape index (κ2) is 34.4. The van der Waals surface area contributed by atoms with Gasteiger partial charge in [0.1, 0.15) is 0 Å². The average Bonchev–Trinajstić information content (AvgIpc) is 2.93. The molecule has 0 saturated heterocycles.